The molecule has 0 unspecified atom stereocenters. The van der Waals surface area contributed by atoms with E-state index in [1.54, 1.807) is 6.07 Å². The van der Waals surface area contributed by atoms with E-state index in [1.807, 2.05) is 46.8 Å². The molecule has 0 spiro atoms. The summed E-state index contributed by atoms with van der Waals surface area (Å²) in [6.45, 7) is 5.74. The van der Waals surface area contributed by atoms with Crippen LogP contribution in [0.15, 0.2) is 36.7 Å². The van der Waals surface area contributed by atoms with E-state index in [4.69, 9.17) is 11.6 Å². The van der Waals surface area contributed by atoms with Crippen LogP contribution in [0.25, 0.3) is 5.65 Å². The lowest BCUT2D eigenvalue weighted by molar-refractivity contribution is -0.130. The molecule has 0 bridgehead atoms. The molecular weight excluding hydrogens is 422 g/mol. The fourth-order valence-electron chi connectivity index (χ4n) is 3.61. The minimum absolute atomic E-state index is 0.0307. The molecule has 1 aliphatic heterocycles. The Hall–Kier alpha value is -2.42. The number of fused-ring (bicyclic) bond motifs is 1. The van der Waals surface area contributed by atoms with Crippen molar-refractivity contribution in [1.29, 1.82) is 0 Å². The molecule has 0 radical (unpaired) electrons. The number of rotatable bonds is 5. The van der Waals surface area contributed by atoms with E-state index in [9.17, 15) is 9.59 Å². The van der Waals surface area contributed by atoms with Gasteiger partial charge >= 0.3 is 0 Å². The molecule has 4 heterocycles. The third-order valence-corrected chi connectivity index (χ3v) is 6.38. The van der Waals surface area contributed by atoms with Crippen molar-refractivity contribution in [3.63, 3.8) is 0 Å². The van der Waals surface area contributed by atoms with Gasteiger partial charge in [-0.3, -0.25) is 14.5 Å². The maximum atomic E-state index is 12.6. The number of hydrogen-bond donors (Lipinski definition) is 1. The summed E-state index contributed by atoms with van der Waals surface area (Å²) in [5.74, 6) is -0.231. The van der Waals surface area contributed by atoms with Crippen LogP contribution in [0.3, 0.4) is 0 Å². The molecule has 1 fully saturated rings. The molecule has 9 heteroatoms. The van der Waals surface area contributed by atoms with Gasteiger partial charge in [0.15, 0.2) is 0 Å². The summed E-state index contributed by atoms with van der Waals surface area (Å²) in [7, 11) is 0. The zero-order chi connectivity index (χ0) is 21.1. The van der Waals surface area contributed by atoms with Gasteiger partial charge in [0, 0.05) is 50.0 Å². The number of nitrogens with one attached hydrogen (secondary N) is 1. The molecule has 3 aromatic rings. The first-order valence-corrected chi connectivity index (χ1v) is 11.2. The van der Waals surface area contributed by atoms with E-state index in [2.05, 4.69) is 15.2 Å². The van der Waals surface area contributed by atoms with E-state index in [-0.39, 0.29) is 18.4 Å². The summed E-state index contributed by atoms with van der Waals surface area (Å²) in [4.78, 5) is 35.2. The molecule has 3 aromatic heterocycles. The standard InChI is InChI=1S/C21H24ClN5O2S/c1-15-3-5-18(30-15)21(29)23-11-20(28)26-8-2-7-25(9-10-26)13-17-14-27-12-16(22)4-6-19(27)24-17/h3-6,12,14H,2,7-11,13H2,1H3,(H,23,29). The lowest BCUT2D eigenvalue weighted by Gasteiger charge is -2.21. The van der Waals surface area contributed by atoms with E-state index in [1.165, 1.54) is 11.3 Å². The number of carbonyl (C=O) groups excluding carboxylic acids is 2. The number of hydrogen-bond acceptors (Lipinski definition) is 5. The van der Waals surface area contributed by atoms with Crippen LogP contribution >= 0.6 is 22.9 Å². The first-order valence-electron chi connectivity index (χ1n) is 9.96. The van der Waals surface area contributed by atoms with Gasteiger partial charge in [-0.1, -0.05) is 11.6 Å². The monoisotopic (exact) mass is 445 g/mol. The fraction of sp³-hybridized carbons (Fsp3) is 0.381. The highest BCUT2D eigenvalue weighted by molar-refractivity contribution is 7.13. The van der Waals surface area contributed by atoms with Crippen LogP contribution in [0.1, 0.15) is 26.7 Å². The van der Waals surface area contributed by atoms with Crippen molar-refractivity contribution in [3.05, 3.63) is 57.1 Å². The van der Waals surface area contributed by atoms with Gasteiger partial charge in [-0.25, -0.2) is 4.98 Å². The van der Waals surface area contributed by atoms with Crippen LogP contribution in [0.5, 0.6) is 0 Å². The van der Waals surface area contributed by atoms with Gasteiger partial charge in [0.1, 0.15) is 5.65 Å². The third kappa shape index (κ3) is 5.00. The number of aryl methyl sites for hydroxylation is 1. The Balaban J connectivity index is 1.28. The Labute approximate surface area is 184 Å². The van der Waals surface area contributed by atoms with Crippen molar-refractivity contribution < 1.29 is 9.59 Å². The molecule has 1 N–H and O–H groups in total. The van der Waals surface area contributed by atoms with Gasteiger partial charge in [0.2, 0.25) is 5.91 Å². The molecule has 7 nitrogen and oxygen atoms in total. The average molecular weight is 446 g/mol. The summed E-state index contributed by atoms with van der Waals surface area (Å²) in [6, 6.07) is 7.43. The fourth-order valence-corrected chi connectivity index (χ4v) is 4.56. The Kier molecular flexibility index (Phi) is 6.36. The number of aromatic nitrogens is 2. The maximum Gasteiger partial charge on any atom is 0.261 e. The van der Waals surface area contributed by atoms with Crippen molar-refractivity contribution in [1.82, 2.24) is 24.5 Å². The lowest BCUT2D eigenvalue weighted by atomic mass is 10.3. The second-order valence-electron chi connectivity index (χ2n) is 7.45. The Morgan fingerprint density at radius 1 is 1.13 bits per heavy atom. The molecule has 0 atom stereocenters. The molecule has 1 aliphatic rings. The summed E-state index contributed by atoms with van der Waals surface area (Å²) in [5.41, 5.74) is 1.85. The van der Waals surface area contributed by atoms with Crippen LogP contribution in [0.2, 0.25) is 5.02 Å². The highest BCUT2D eigenvalue weighted by Gasteiger charge is 2.20. The number of imidazole rings is 1. The van der Waals surface area contributed by atoms with Crippen LogP contribution in [0, 0.1) is 6.92 Å². The summed E-state index contributed by atoms with van der Waals surface area (Å²) >= 11 is 7.48. The van der Waals surface area contributed by atoms with Gasteiger partial charge in [-0.15, -0.1) is 11.3 Å². The smallest absolute Gasteiger partial charge is 0.261 e. The van der Waals surface area contributed by atoms with E-state index in [0.29, 0.717) is 23.0 Å². The minimum Gasteiger partial charge on any atom is -0.342 e. The largest absolute Gasteiger partial charge is 0.342 e. The summed E-state index contributed by atoms with van der Waals surface area (Å²) in [6.07, 6.45) is 4.74. The van der Waals surface area contributed by atoms with Crippen molar-refractivity contribution in [3.8, 4) is 0 Å². The Bertz CT molecular complexity index is 1060. The molecule has 30 heavy (non-hydrogen) atoms. The number of nitrogens with zero attached hydrogens (tertiary/aromatic N) is 4. The predicted molar refractivity (Wildman–Crippen MR) is 118 cm³/mol. The zero-order valence-corrected chi connectivity index (χ0v) is 18.4. The molecule has 2 amide bonds. The third-order valence-electron chi connectivity index (χ3n) is 5.16. The van der Waals surface area contributed by atoms with Gasteiger partial charge in [-0.05, 0) is 37.6 Å². The molecule has 158 valence electrons. The number of thiophene rings is 1. The molecular formula is C21H24ClN5O2S. The van der Waals surface area contributed by atoms with Crippen LogP contribution in [-0.2, 0) is 11.3 Å². The molecule has 1 saturated heterocycles. The van der Waals surface area contributed by atoms with Gasteiger partial charge in [0.05, 0.1) is 22.1 Å². The van der Waals surface area contributed by atoms with E-state index < -0.39 is 0 Å². The van der Waals surface area contributed by atoms with Gasteiger partial charge < -0.3 is 14.6 Å². The Morgan fingerprint density at radius 2 is 2.00 bits per heavy atom. The van der Waals surface area contributed by atoms with Crippen LogP contribution in [0.4, 0.5) is 0 Å². The van der Waals surface area contributed by atoms with Gasteiger partial charge in [-0.2, -0.15) is 0 Å². The molecule has 4 rings (SSSR count). The average Bonchev–Trinajstić information content (AvgIpc) is 3.25. The first-order chi connectivity index (χ1) is 14.5. The quantitative estimate of drug-likeness (QED) is 0.655. The van der Waals surface area contributed by atoms with Crippen molar-refractivity contribution in [2.75, 3.05) is 32.7 Å². The van der Waals surface area contributed by atoms with Gasteiger partial charge in [0.25, 0.3) is 5.91 Å². The number of pyridine rings is 1. The summed E-state index contributed by atoms with van der Waals surface area (Å²) < 4.78 is 1.93. The van der Waals surface area contributed by atoms with Crippen molar-refractivity contribution in [2.45, 2.75) is 19.9 Å². The molecule has 0 aliphatic carbocycles. The number of amides is 2. The highest BCUT2D eigenvalue weighted by atomic mass is 35.5. The van der Waals surface area contributed by atoms with Crippen LogP contribution < -0.4 is 5.32 Å². The van der Waals surface area contributed by atoms with Crippen LogP contribution in [-0.4, -0.2) is 63.7 Å². The van der Waals surface area contributed by atoms with Crippen molar-refractivity contribution in [2.24, 2.45) is 0 Å². The topological polar surface area (TPSA) is 70.0 Å². The zero-order valence-electron chi connectivity index (χ0n) is 16.8. The predicted octanol–water partition coefficient (Wildman–Crippen LogP) is 2.82. The lowest BCUT2D eigenvalue weighted by Crippen LogP contribution is -2.41. The van der Waals surface area contributed by atoms with E-state index >= 15 is 0 Å². The normalized spacial score (nSPS) is 15.3. The SMILES string of the molecule is Cc1ccc(C(=O)NCC(=O)N2CCCN(Cc3cn4cc(Cl)ccc4n3)CC2)s1. The second-order valence-corrected chi connectivity index (χ2v) is 9.17. The molecule has 0 aromatic carbocycles. The molecule has 0 saturated carbocycles. The van der Waals surface area contributed by atoms with Crippen molar-refractivity contribution >= 4 is 40.4 Å². The first kappa shape index (κ1) is 20.8. The Morgan fingerprint density at radius 3 is 2.80 bits per heavy atom. The number of halogens is 1. The highest BCUT2D eigenvalue weighted by Crippen LogP contribution is 2.15. The maximum absolute atomic E-state index is 12.6. The van der Waals surface area contributed by atoms with E-state index in [0.717, 1.165) is 42.3 Å². The second kappa shape index (κ2) is 9.16. The minimum atomic E-state index is -0.190. The number of carbonyl (C=O) groups is 2. The summed E-state index contributed by atoms with van der Waals surface area (Å²) in [5, 5.41) is 3.42.